The lowest BCUT2D eigenvalue weighted by Crippen LogP contribution is -2.14. The van der Waals surface area contributed by atoms with Crippen LogP contribution in [0.1, 0.15) is 25.0 Å². The minimum Gasteiger partial charge on any atom is -0.208 e. The van der Waals surface area contributed by atoms with Crippen LogP contribution in [-0.2, 0) is 5.41 Å². The molecule has 0 atom stereocenters. The normalized spacial score (nSPS) is 12.8. The van der Waals surface area contributed by atoms with Gasteiger partial charge in [0, 0.05) is 42.3 Å². The van der Waals surface area contributed by atoms with Crippen LogP contribution in [0.2, 0.25) is 0 Å². The highest BCUT2D eigenvalue weighted by atomic mass is 32.1. The van der Waals surface area contributed by atoms with Crippen LogP contribution in [0.3, 0.4) is 0 Å². The number of fused-ring (bicyclic) bond motifs is 6. The minimum absolute atomic E-state index is 0.141. The van der Waals surface area contributed by atoms with Crippen molar-refractivity contribution in [1.29, 1.82) is 0 Å². The summed E-state index contributed by atoms with van der Waals surface area (Å²) in [6.07, 6.45) is 0. The third kappa shape index (κ3) is 5.68. The van der Waals surface area contributed by atoms with Gasteiger partial charge in [-0.15, -0.1) is 11.3 Å². The second kappa shape index (κ2) is 13.6. The first-order valence-corrected chi connectivity index (χ1v) is 20.6. The van der Waals surface area contributed by atoms with E-state index in [1.165, 1.54) is 64.7 Å². The quantitative estimate of drug-likeness (QED) is 0.169. The van der Waals surface area contributed by atoms with Crippen LogP contribution in [0.5, 0.6) is 0 Å². The number of nitrogens with zero attached hydrogens (tertiary/aromatic N) is 3. The lowest BCUT2D eigenvalue weighted by molar-refractivity contribution is 0.660. The third-order valence-electron chi connectivity index (χ3n) is 11.8. The average molecular weight is 760 g/mol. The summed E-state index contributed by atoms with van der Waals surface area (Å²) in [6, 6.07) is 67.2. The highest BCUT2D eigenvalue weighted by molar-refractivity contribution is 7.26. The maximum atomic E-state index is 5.29. The van der Waals surface area contributed by atoms with Crippen molar-refractivity contribution in [2.45, 2.75) is 19.3 Å². The van der Waals surface area contributed by atoms with Gasteiger partial charge in [0.1, 0.15) is 0 Å². The largest absolute Gasteiger partial charge is 0.208 e. The molecule has 0 aliphatic heterocycles. The molecule has 0 amide bonds. The van der Waals surface area contributed by atoms with Crippen LogP contribution in [-0.4, -0.2) is 15.0 Å². The van der Waals surface area contributed by atoms with Crippen molar-refractivity contribution in [1.82, 2.24) is 15.0 Å². The lowest BCUT2D eigenvalue weighted by Gasteiger charge is -2.21. The van der Waals surface area contributed by atoms with Crippen molar-refractivity contribution in [2.75, 3.05) is 0 Å². The Labute approximate surface area is 342 Å². The Morgan fingerprint density at radius 3 is 1.71 bits per heavy atom. The van der Waals surface area contributed by atoms with Gasteiger partial charge in [-0.1, -0.05) is 190 Å². The first kappa shape index (κ1) is 34.3. The van der Waals surface area contributed by atoms with Gasteiger partial charge in [0.25, 0.3) is 0 Å². The van der Waals surface area contributed by atoms with Crippen LogP contribution >= 0.6 is 11.3 Å². The van der Waals surface area contributed by atoms with Crippen LogP contribution in [0.25, 0.3) is 98.8 Å². The molecule has 4 heteroatoms. The van der Waals surface area contributed by atoms with Gasteiger partial charge >= 0.3 is 0 Å². The molecule has 274 valence electrons. The number of aromatic nitrogens is 3. The molecule has 0 radical (unpaired) electrons. The van der Waals surface area contributed by atoms with Crippen LogP contribution in [0, 0.1) is 0 Å². The molecule has 0 spiro atoms. The summed E-state index contributed by atoms with van der Waals surface area (Å²) < 4.78 is 2.61. The number of hydrogen-bond donors (Lipinski definition) is 0. The molecule has 10 aromatic rings. The van der Waals surface area contributed by atoms with Crippen LogP contribution in [0.4, 0.5) is 0 Å². The zero-order valence-corrected chi connectivity index (χ0v) is 33.0. The molecular weight excluding hydrogens is 723 g/mol. The van der Waals surface area contributed by atoms with Gasteiger partial charge in [0.2, 0.25) is 0 Å². The lowest BCUT2D eigenvalue weighted by atomic mass is 9.82. The molecule has 0 unspecified atom stereocenters. The Hall–Kier alpha value is -7.01. The summed E-state index contributed by atoms with van der Waals surface area (Å²) in [5.74, 6) is 1.96. The van der Waals surface area contributed by atoms with Gasteiger partial charge in [-0.05, 0) is 67.8 Å². The number of hydrogen-bond acceptors (Lipinski definition) is 4. The van der Waals surface area contributed by atoms with E-state index in [4.69, 9.17) is 15.0 Å². The molecule has 2 aromatic heterocycles. The zero-order chi connectivity index (χ0) is 38.8. The molecule has 0 saturated carbocycles. The van der Waals surface area contributed by atoms with E-state index in [0.29, 0.717) is 17.5 Å². The van der Waals surface area contributed by atoms with Crippen LogP contribution < -0.4 is 0 Å². The first-order valence-electron chi connectivity index (χ1n) is 19.8. The highest BCUT2D eigenvalue weighted by Crippen LogP contribution is 2.51. The molecular formula is C54H37N3S. The molecule has 2 heterocycles. The van der Waals surface area contributed by atoms with Gasteiger partial charge in [-0.2, -0.15) is 0 Å². The third-order valence-corrected chi connectivity index (χ3v) is 13.0. The van der Waals surface area contributed by atoms with Crippen LogP contribution in [0.15, 0.2) is 188 Å². The summed E-state index contributed by atoms with van der Waals surface area (Å²) in [5, 5.41) is 2.60. The molecule has 0 N–H and O–H groups in total. The van der Waals surface area contributed by atoms with E-state index in [0.717, 1.165) is 27.8 Å². The smallest absolute Gasteiger partial charge is 0.164 e. The minimum atomic E-state index is -0.141. The van der Waals surface area contributed by atoms with Gasteiger partial charge < -0.3 is 0 Å². The fraction of sp³-hybridized carbons (Fsp3) is 0.0556. The Morgan fingerprint density at radius 1 is 0.362 bits per heavy atom. The second-order valence-corrected chi connectivity index (χ2v) is 16.6. The van der Waals surface area contributed by atoms with Gasteiger partial charge in [0.05, 0.1) is 0 Å². The van der Waals surface area contributed by atoms with Crippen molar-refractivity contribution >= 4 is 31.5 Å². The van der Waals surface area contributed by atoms with E-state index in [2.05, 4.69) is 202 Å². The molecule has 0 saturated heterocycles. The summed E-state index contributed by atoms with van der Waals surface area (Å²) in [5.41, 5.74) is 14.9. The van der Waals surface area contributed by atoms with Gasteiger partial charge in [0.15, 0.2) is 17.5 Å². The summed E-state index contributed by atoms with van der Waals surface area (Å²) in [6.45, 7) is 4.62. The number of rotatable bonds is 6. The second-order valence-electron chi connectivity index (χ2n) is 15.6. The Morgan fingerprint density at radius 2 is 0.879 bits per heavy atom. The molecule has 0 fully saturated rings. The maximum absolute atomic E-state index is 5.29. The van der Waals surface area contributed by atoms with Crippen molar-refractivity contribution < 1.29 is 0 Å². The van der Waals surface area contributed by atoms with E-state index in [9.17, 15) is 0 Å². The Kier molecular flexibility index (Phi) is 8.02. The van der Waals surface area contributed by atoms with Gasteiger partial charge in [-0.3, -0.25) is 0 Å². The van der Waals surface area contributed by atoms with E-state index >= 15 is 0 Å². The number of thiophene rings is 1. The summed E-state index contributed by atoms with van der Waals surface area (Å²) in [4.78, 5) is 15.8. The van der Waals surface area contributed by atoms with E-state index in [1.54, 1.807) is 0 Å². The van der Waals surface area contributed by atoms with Crippen molar-refractivity contribution in [3.05, 3.63) is 199 Å². The topological polar surface area (TPSA) is 38.7 Å². The molecule has 58 heavy (non-hydrogen) atoms. The van der Waals surface area contributed by atoms with E-state index in [-0.39, 0.29) is 5.41 Å². The molecule has 1 aliphatic carbocycles. The van der Waals surface area contributed by atoms with E-state index < -0.39 is 0 Å². The fourth-order valence-electron chi connectivity index (χ4n) is 8.79. The SMILES string of the molecule is CC1(C)c2ccccc2-c2c(-c3nc(-c4ccc(-c5cccc6c5sc5ccccc56)cc4)nc(-c4cccc(-c5ccc(-c6ccccc6)cc5)c4)n3)cccc21. The van der Waals surface area contributed by atoms with Crippen molar-refractivity contribution in [3.63, 3.8) is 0 Å². The highest BCUT2D eigenvalue weighted by Gasteiger charge is 2.37. The Bertz CT molecular complexity index is 3180. The molecule has 3 nitrogen and oxygen atoms in total. The average Bonchev–Trinajstić information content (AvgIpc) is 3.79. The molecule has 8 aromatic carbocycles. The summed E-state index contributed by atoms with van der Waals surface area (Å²) >= 11 is 1.85. The molecule has 0 bridgehead atoms. The molecule has 11 rings (SSSR count). The molecule has 1 aliphatic rings. The number of benzene rings is 8. The predicted molar refractivity (Wildman–Crippen MR) is 243 cm³/mol. The standard InChI is InChI=1S/C54H37N3S/c1-54(2)46-22-8-6-18-44(46)49-45(21-12-23-47(49)54)53-56-51(38-31-29-37(30-32-38)41-19-11-20-43-42-17-7-9-24-48(42)58-50(41)43)55-52(57-53)40-16-10-15-39(33-40)36-27-25-35(26-28-36)34-13-4-3-5-14-34/h3-33H,1-2H3. The monoisotopic (exact) mass is 759 g/mol. The van der Waals surface area contributed by atoms with Gasteiger partial charge in [-0.25, -0.2) is 15.0 Å². The first-order chi connectivity index (χ1) is 28.5. The van der Waals surface area contributed by atoms with Crippen molar-refractivity contribution in [2.24, 2.45) is 0 Å². The zero-order valence-electron chi connectivity index (χ0n) is 32.1. The Balaban J connectivity index is 1.04. The predicted octanol–water partition coefficient (Wildman–Crippen LogP) is 14.5. The fourth-order valence-corrected chi connectivity index (χ4v) is 10.0. The maximum Gasteiger partial charge on any atom is 0.164 e. The van der Waals surface area contributed by atoms with E-state index in [1.807, 2.05) is 11.3 Å². The van der Waals surface area contributed by atoms with Crippen molar-refractivity contribution in [3.8, 4) is 78.7 Å². The summed E-state index contributed by atoms with van der Waals surface area (Å²) in [7, 11) is 0.